The number of aliphatic hydroxyl groups excluding tert-OH is 1. The summed E-state index contributed by atoms with van der Waals surface area (Å²) in [7, 11) is 0. The average molecular weight is 310 g/mol. The van der Waals surface area contributed by atoms with Crippen molar-refractivity contribution in [2.75, 3.05) is 0 Å². The van der Waals surface area contributed by atoms with Gasteiger partial charge in [-0.05, 0) is 17.0 Å². The van der Waals surface area contributed by atoms with E-state index in [0.717, 1.165) is 11.1 Å². The molecular weight excluding hydrogens is 284 g/mol. The minimum Gasteiger partial charge on any atom is -0.390 e. The molecule has 0 saturated carbocycles. The Hall–Kier alpha value is -1.64. The van der Waals surface area contributed by atoms with E-state index < -0.39 is 11.7 Å². The van der Waals surface area contributed by atoms with E-state index in [0.29, 0.717) is 0 Å². The summed E-state index contributed by atoms with van der Waals surface area (Å²) >= 11 is 0. The van der Waals surface area contributed by atoms with E-state index in [1.165, 1.54) is 0 Å². The van der Waals surface area contributed by atoms with E-state index in [-0.39, 0.29) is 17.4 Å². The molecule has 1 aliphatic rings. The summed E-state index contributed by atoms with van der Waals surface area (Å²) in [5.41, 5.74) is 1.56. The molecule has 122 valence electrons. The topological polar surface area (TPSA) is 29.5 Å². The third-order valence-corrected chi connectivity index (χ3v) is 5.28. The van der Waals surface area contributed by atoms with Gasteiger partial charge in [0.15, 0.2) is 0 Å². The molecule has 0 unspecified atom stereocenters. The average Bonchev–Trinajstić information content (AvgIpc) is 2.56. The van der Waals surface area contributed by atoms with Crippen molar-refractivity contribution in [1.29, 1.82) is 0 Å². The van der Waals surface area contributed by atoms with Crippen LogP contribution in [0.1, 0.15) is 38.8 Å². The van der Waals surface area contributed by atoms with Crippen molar-refractivity contribution in [3.8, 4) is 0 Å². The van der Waals surface area contributed by atoms with E-state index in [2.05, 4.69) is 38.1 Å². The second kappa shape index (κ2) is 5.77. The molecule has 0 amide bonds. The van der Waals surface area contributed by atoms with Crippen LogP contribution in [0, 0.1) is 11.3 Å². The van der Waals surface area contributed by atoms with Gasteiger partial charge in [-0.1, -0.05) is 88.4 Å². The maximum absolute atomic E-state index is 10.6. The van der Waals surface area contributed by atoms with Crippen molar-refractivity contribution < 1.29 is 9.84 Å². The number of ether oxygens (including phenoxy) is 1. The van der Waals surface area contributed by atoms with Crippen LogP contribution < -0.4 is 0 Å². The standard InChI is InChI=1S/C21H26O2/c1-15(2)18(22)19-20(3,4)21(23-19,16-11-7-5-8-12-16)17-13-9-6-10-14-17/h5-15,18-19,22H,1-4H3/t18-,19+/m0/s1. The van der Waals surface area contributed by atoms with Crippen LogP contribution in [0.4, 0.5) is 0 Å². The predicted molar refractivity (Wildman–Crippen MR) is 93.2 cm³/mol. The largest absolute Gasteiger partial charge is 0.390 e. The van der Waals surface area contributed by atoms with Gasteiger partial charge in [-0.2, -0.15) is 0 Å². The van der Waals surface area contributed by atoms with Gasteiger partial charge in [0, 0.05) is 5.41 Å². The van der Waals surface area contributed by atoms with Gasteiger partial charge in [0.1, 0.15) is 5.60 Å². The first-order valence-corrected chi connectivity index (χ1v) is 8.38. The van der Waals surface area contributed by atoms with Crippen LogP contribution in [-0.2, 0) is 10.3 Å². The normalized spacial score (nSPS) is 23.3. The lowest BCUT2D eigenvalue weighted by Gasteiger charge is -2.63. The molecule has 0 aromatic heterocycles. The number of aliphatic hydroxyl groups is 1. The van der Waals surface area contributed by atoms with Crippen molar-refractivity contribution >= 4 is 0 Å². The van der Waals surface area contributed by atoms with E-state index in [9.17, 15) is 5.11 Å². The van der Waals surface area contributed by atoms with Gasteiger partial charge in [-0.25, -0.2) is 0 Å². The molecule has 2 nitrogen and oxygen atoms in total. The van der Waals surface area contributed by atoms with Gasteiger partial charge in [0.2, 0.25) is 0 Å². The Morgan fingerprint density at radius 2 is 1.30 bits per heavy atom. The van der Waals surface area contributed by atoms with Crippen molar-refractivity contribution in [2.24, 2.45) is 11.3 Å². The minimum atomic E-state index is -0.518. The van der Waals surface area contributed by atoms with Crippen molar-refractivity contribution in [3.05, 3.63) is 71.8 Å². The molecule has 2 aromatic rings. The molecule has 0 radical (unpaired) electrons. The fourth-order valence-electron chi connectivity index (χ4n) is 3.87. The van der Waals surface area contributed by atoms with Gasteiger partial charge in [-0.3, -0.25) is 0 Å². The molecule has 2 heteroatoms. The molecule has 0 aliphatic carbocycles. The van der Waals surface area contributed by atoms with Gasteiger partial charge in [0.25, 0.3) is 0 Å². The third kappa shape index (κ3) is 2.32. The summed E-state index contributed by atoms with van der Waals surface area (Å²) in [5, 5.41) is 10.6. The van der Waals surface area contributed by atoms with Crippen molar-refractivity contribution in [3.63, 3.8) is 0 Å². The second-order valence-corrected chi connectivity index (χ2v) is 7.41. The quantitative estimate of drug-likeness (QED) is 0.908. The van der Waals surface area contributed by atoms with Gasteiger partial charge >= 0.3 is 0 Å². The van der Waals surface area contributed by atoms with Gasteiger partial charge < -0.3 is 9.84 Å². The summed E-state index contributed by atoms with van der Waals surface area (Å²) in [6.07, 6.45) is -0.645. The molecular formula is C21H26O2. The molecule has 1 N–H and O–H groups in total. The smallest absolute Gasteiger partial charge is 0.126 e. The van der Waals surface area contributed by atoms with Gasteiger partial charge in [-0.15, -0.1) is 0 Å². The Morgan fingerprint density at radius 3 is 1.65 bits per heavy atom. The van der Waals surface area contributed by atoms with E-state index in [1.54, 1.807) is 0 Å². The zero-order valence-corrected chi connectivity index (χ0v) is 14.4. The minimum absolute atomic E-state index is 0.170. The number of hydrogen-bond donors (Lipinski definition) is 1. The first-order chi connectivity index (χ1) is 10.9. The highest BCUT2D eigenvalue weighted by atomic mass is 16.6. The molecule has 0 spiro atoms. The zero-order chi connectivity index (χ0) is 16.7. The summed E-state index contributed by atoms with van der Waals surface area (Å²) in [6.45, 7) is 8.48. The Morgan fingerprint density at radius 1 is 0.870 bits per heavy atom. The molecule has 1 heterocycles. The fraction of sp³-hybridized carbons (Fsp3) is 0.429. The molecule has 0 bridgehead atoms. The lowest BCUT2D eigenvalue weighted by Crippen LogP contribution is -2.68. The third-order valence-electron chi connectivity index (χ3n) is 5.28. The number of hydrogen-bond acceptors (Lipinski definition) is 2. The monoisotopic (exact) mass is 310 g/mol. The molecule has 3 rings (SSSR count). The lowest BCUT2D eigenvalue weighted by molar-refractivity contribution is -0.324. The fourth-order valence-corrected chi connectivity index (χ4v) is 3.87. The summed E-state index contributed by atoms with van der Waals surface area (Å²) in [4.78, 5) is 0. The number of benzene rings is 2. The van der Waals surface area contributed by atoms with E-state index in [4.69, 9.17) is 4.74 Å². The highest BCUT2D eigenvalue weighted by molar-refractivity contribution is 5.42. The van der Waals surface area contributed by atoms with Crippen LogP contribution in [0.25, 0.3) is 0 Å². The van der Waals surface area contributed by atoms with Crippen molar-refractivity contribution in [2.45, 2.75) is 45.5 Å². The van der Waals surface area contributed by atoms with Crippen LogP contribution in [0.3, 0.4) is 0 Å². The maximum Gasteiger partial charge on any atom is 0.126 e. The van der Waals surface area contributed by atoms with Crippen LogP contribution in [-0.4, -0.2) is 17.3 Å². The first kappa shape index (κ1) is 16.2. The second-order valence-electron chi connectivity index (χ2n) is 7.41. The van der Waals surface area contributed by atoms with Crippen LogP contribution >= 0.6 is 0 Å². The molecule has 1 fully saturated rings. The van der Waals surface area contributed by atoms with Crippen LogP contribution in [0.2, 0.25) is 0 Å². The maximum atomic E-state index is 10.6. The number of rotatable bonds is 4. The SMILES string of the molecule is CC(C)[C@H](O)[C@H]1OC(c2ccccc2)(c2ccccc2)C1(C)C. The highest BCUT2D eigenvalue weighted by Gasteiger charge is 2.65. The Labute approximate surface area is 139 Å². The van der Waals surface area contributed by atoms with E-state index >= 15 is 0 Å². The Bertz CT molecular complexity index is 607. The molecule has 1 saturated heterocycles. The summed E-state index contributed by atoms with van der Waals surface area (Å²) in [6, 6.07) is 20.7. The molecule has 2 aromatic carbocycles. The predicted octanol–water partition coefficient (Wildman–Crippen LogP) is 4.37. The van der Waals surface area contributed by atoms with Gasteiger partial charge in [0.05, 0.1) is 12.2 Å². The van der Waals surface area contributed by atoms with Crippen LogP contribution in [0.5, 0.6) is 0 Å². The lowest BCUT2D eigenvalue weighted by atomic mass is 9.57. The van der Waals surface area contributed by atoms with Crippen molar-refractivity contribution in [1.82, 2.24) is 0 Å². The molecule has 1 aliphatic heterocycles. The first-order valence-electron chi connectivity index (χ1n) is 8.38. The Kier molecular flexibility index (Phi) is 4.07. The summed E-state index contributed by atoms with van der Waals surface area (Å²) in [5.74, 6) is 0.170. The van der Waals surface area contributed by atoms with Crippen LogP contribution in [0.15, 0.2) is 60.7 Å². The Balaban J connectivity index is 2.10. The van der Waals surface area contributed by atoms with E-state index in [1.807, 2.05) is 50.2 Å². The molecule has 2 atom stereocenters. The zero-order valence-electron chi connectivity index (χ0n) is 14.4. The highest BCUT2D eigenvalue weighted by Crippen LogP contribution is 2.61. The molecule has 23 heavy (non-hydrogen) atoms. The summed E-state index contributed by atoms with van der Waals surface area (Å²) < 4.78 is 6.49.